The molecule has 0 aliphatic rings. The van der Waals surface area contributed by atoms with Gasteiger partial charge < -0.3 is 30.8 Å². The minimum Gasteiger partial charge on any atom is -0.388 e. The number of benzene rings is 4. The largest absolute Gasteiger partial charge is 0.388 e. The number of carbonyl (C=O) groups excluding carboxylic acids is 2. The third-order valence-electron chi connectivity index (χ3n) is 8.37. The lowest BCUT2D eigenvalue weighted by Gasteiger charge is -2.33. The summed E-state index contributed by atoms with van der Waals surface area (Å²) in [5.74, 6) is -1.30. The van der Waals surface area contributed by atoms with Crippen molar-refractivity contribution in [3.63, 3.8) is 0 Å². The molecule has 2 amide bonds. The Bertz CT molecular complexity index is 2020. The van der Waals surface area contributed by atoms with E-state index in [1.54, 1.807) is 48.5 Å². The van der Waals surface area contributed by atoms with E-state index in [-0.39, 0.29) is 35.1 Å². The SMILES string of the molecule is O=C(N[C@@H](Cc1ccccc1)[C@@H](O)[C@H](O)[C@H](Cc1ccccc1)NC(=O)c1cc(=O)c2ccccc2[nH]1)c1cc(=O)c2ccccc2[nH]1. The van der Waals surface area contributed by atoms with Gasteiger partial charge in [-0.05, 0) is 48.2 Å². The maximum absolute atomic E-state index is 13.6. The molecule has 0 unspecified atom stereocenters. The molecule has 4 aromatic carbocycles. The second-order valence-corrected chi connectivity index (χ2v) is 11.7. The summed E-state index contributed by atoms with van der Waals surface area (Å²) in [7, 11) is 0. The monoisotopic (exact) mass is 642 g/mol. The van der Waals surface area contributed by atoms with Gasteiger partial charge in [0, 0.05) is 33.9 Å². The highest BCUT2D eigenvalue weighted by atomic mass is 16.3. The fourth-order valence-electron chi connectivity index (χ4n) is 5.86. The Hall–Kier alpha value is -5.84. The summed E-state index contributed by atoms with van der Waals surface area (Å²) in [6, 6.07) is 32.2. The number of aromatic amines is 2. The average Bonchev–Trinajstić information content (AvgIpc) is 3.11. The third-order valence-corrected chi connectivity index (χ3v) is 8.37. The number of hydrogen-bond acceptors (Lipinski definition) is 6. The molecule has 6 aromatic rings. The van der Waals surface area contributed by atoms with Crippen molar-refractivity contribution in [2.75, 3.05) is 0 Å². The maximum atomic E-state index is 13.6. The molecule has 4 atom stereocenters. The van der Waals surface area contributed by atoms with Crippen LogP contribution in [0.1, 0.15) is 32.1 Å². The Kier molecular flexibility index (Phi) is 9.56. The Morgan fingerprint density at radius 1 is 0.542 bits per heavy atom. The van der Waals surface area contributed by atoms with Crippen LogP contribution in [0.4, 0.5) is 0 Å². The van der Waals surface area contributed by atoms with Gasteiger partial charge in [0.15, 0.2) is 10.9 Å². The summed E-state index contributed by atoms with van der Waals surface area (Å²) in [6.45, 7) is 0. The van der Waals surface area contributed by atoms with Crippen LogP contribution in [-0.2, 0) is 12.8 Å². The van der Waals surface area contributed by atoms with Gasteiger partial charge in [0.05, 0.1) is 12.1 Å². The molecule has 6 N–H and O–H groups in total. The van der Waals surface area contributed by atoms with Gasteiger partial charge in [-0.25, -0.2) is 0 Å². The first-order valence-electron chi connectivity index (χ1n) is 15.6. The molecule has 6 rings (SSSR count). The predicted molar refractivity (Wildman–Crippen MR) is 184 cm³/mol. The van der Waals surface area contributed by atoms with E-state index in [4.69, 9.17) is 0 Å². The van der Waals surface area contributed by atoms with Crippen LogP contribution in [0.25, 0.3) is 21.8 Å². The van der Waals surface area contributed by atoms with Gasteiger partial charge in [0.2, 0.25) is 0 Å². The standard InChI is InChI=1S/C38H34N4O6/c43-33-21-31(39-27-17-9-7-15-25(27)33)37(47)41-29(19-23-11-3-1-4-12-23)35(45)36(46)30(20-24-13-5-2-6-14-24)42-38(48)32-22-34(44)26-16-8-10-18-28(26)40-32/h1-18,21-22,29-30,35-36,45-46H,19-20H2,(H,39,43)(H,40,44)(H,41,47)(H,42,48)/t29-,30-,35+,36+/m0/s1. The van der Waals surface area contributed by atoms with Crippen molar-refractivity contribution < 1.29 is 19.8 Å². The number of aromatic nitrogens is 2. The van der Waals surface area contributed by atoms with E-state index in [0.29, 0.717) is 21.8 Å². The normalized spacial score (nSPS) is 13.8. The van der Waals surface area contributed by atoms with Gasteiger partial charge in [0.1, 0.15) is 23.6 Å². The van der Waals surface area contributed by atoms with E-state index in [1.807, 2.05) is 60.7 Å². The van der Waals surface area contributed by atoms with Gasteiger partial charge in [-0.3, -0.25) is 19.2 Å². The number of para-hydroxylation sites is 2. The minimum absolute atomic E-state index is 0.00662. The molecule has 2 heterocycles. The van der Waals surface area contributed by atoms with Crippen LogP contribution in [0, 0.1) is 0 Å². The smallest absolute Gasteiger partial charge is 0.268 e. The number of carbonyl (C=O) groups is 2. The van der Waals surface area contributed by atoms with Crippen molar-refractivity contribution in [2.24, 2.45) is 0 Å². The third kappa shape index (κ3) is 7.25. The molecule has 0 spiro atoms. The first-order chi connectivity index (χ1) is 23.3. The Morgan fingerprint density at radius 3 is 1.29 bits per heavy atom. The lowest BCUT2D eigenvalue weighted by Crippen LogP contribution is -2.57. The molecule has 0 bridgehead atoms. The van der Waals surface area contributed by atoms with E-state index >= 15 is 0 Å². The number of aliphatic hydroxyl groups excluding tert-OH is 2. The molecule has 0 radical (unpaired) electrons. The van der Waals surface area contributed by atoms with E-state index < -0.39 is 36.1 Å². The van der Waals surface area contributed by atoms with Gasteiger partial charge in [-0.1, -0.05) is 84.9 Å². The molecule has 242 valence electrons. The van der Waals surface area contributed by atoms with E-state index in [0.717, 1.165) is 11.1 Å². The number of fused-ring (bicyclic) bond motifs is 2. The Morgan fingerprint density at radius 2 is 0.896 bits per heavy atom. The summed E-state index contributed by atoms with van der Waals surface area (Å²) in [5, 5.41) is 29.9. The van der Waals surface area contributed by atoms with Crippen LogP contribution in [0.2, 0.25) is 0 Å². The minimum atomic E-state index is -1.58. The number of amides is 2. The fourth-order valence-corrected chi connectivity index (χ4v) is 5.86. The highest BCUT2D eigenvalue weighted by molar-refractivity contribution is 5.96. The van der Waals surface area contributed by atoms with Crippen LogP contribution >= 0.6 is 0 Å². The van der Waals surface area contributed by atoms with Crippen LogP contribution in [0.3, 0.4) is 0 Å². The van der Waals surface area contributed by atoms with Crippen molar-refractivity contribution in [3.8, 4) is 0 Å². The van der Waals surface area contributed by atoms with Crippen molar-refractivity contribution in [1.82, 2.24) is 20.6 Å². The van der Waals surface area contributed by atoms with Crippen molar-refractivity contribution >= 4 is 33.6 Å². The first kappa shape index (κ1) is 32.1. The molecule has 0 fully saturated rings. The van der Waals surface area contributed by atoms with Gasteiger partial charge in [0.25, 0.3) is 11.8 Å². The highest BCUT2D eigenvalue weighted by Crippen LogP contribution is 2.17. The van der Waals surface area contributed by atoms with Gasteiger partial charge in [-0.15, -0.1) is 0 Å². The van der Waals surface area contributed by atoms with Gasteiger partial charge >= 0.3 is 0 Å². The number of hydrogen-bond donors (Lipinski definition) is 6. The lowest BCUT2D eigenvalue weighted by molar-refractivity contribution is -0.0220. The number of H-pyrrole nitrogens is 2. The zero-order valence-electron chi connectivity index (χ0n) is 25.8. The second-order valence-electron chi connectivity index (χ2n) is 11.7. The molecule has 2 aromatic heterocycles. The van der Waals surface area contributed by atoms with Crippen molar-refractivity contribution in [2.45, 2.75) is 37.1 Å². The zero-order chi connectivity index (χ0) is 33.6. The molecule has 0 saturated heterocycles. The maximum Gasteiger partial charge on any atom is 0.268 e. The summed E-state index contributed by atoms with van der Waals surface area (Å²) in [4.78, 5) is 58.6. The summed E-state index contributed by atoms with van der Waals surface area (Å²) >= 11 is 0. The molecule has 0 saturated carbocycles. The molecule has 0 aliphatic heterocycles. The highest BCUT2D eigenvalue weighted by Gasteiger charge is 2.35. The first-order valence-corrected chi connectivity index (χ1v) is 15.6. The number of rotatable bonds is 11. The van der Waals surface area contributed by atoms with Crippen LogP contribution in [0.5, 0.6) is 0 Å². The average molecular weight is 643 g/mol. The number of pyridine rings is 2. The Labute approximate surface area is 275 Å². The quantitative estimate of drug-likeness (QED) is 0.127. The van der Waals surface area contributed by atoms with Crippen LogP contribution in [-0.4, -0.2) is 56.3 Å². The summed E-state index contributed by atoms with van der Waals surface area (Å²) in [6.07, 6.45) is -2.89. The Balaban J connectivity index is 1.30. The fraction of sp³-hybridized carbons (Fsp3) is 0.158. The second kappa shape index (κ2) is 14.3. The number of aliphatic hydroxyl groups is 2. The summed E-state index contributed by atoms with van der Waals surface area (Å²) in [5.41, 5.74) is 1.82. The zero-order valence-corrected chi connectivity index (χ0v) is 25.8. The predicted octanol–water partition coefficient (Wildman–Crippen LogP) is 3.47. The van der Waals surface area contributed by atoms with E-state index in [9.17, 15) is 29.4 Å². The van der Waals surface area contributed by atoms with Crippen molar-refractivity contribution in [1.29, 1.82) is 0 Å². The van der Waals surface area contributed by atoms with Crippen molar-refractivity contribution in [3.05, 3.63) is 164 Å². The molecular weight excluding hydrogens is 608 g/mol. The lowest BCUT2D eigenvalue weighted by atomic mass is 9.91. The van der Waals surface area contributed by atoms with E-state index in [1.165, 1.54) is 12.1 Å². The van der Waals surface area contributed by atoms with Gasteiger partial charge in [-0.2, -0.15) is 0 Å². The molecule has 10 heteroatoms. The molecule has 48 heavy (non-hydrogen) atoms. The molecular formula is C38H34N4O6. The summed E-state index contributed by atoms with van der Waals surface area (Å²) < 4.78 is 0. The van der Waals surface area contributed by atoms with E-state index in [2.05, 4.69) is 20.6 Å². The molecule has 0 aliphatic carbocycles. The molecule has 10 nitrogen and oxygen atoms in total. The number of nitrogens with one attached hydrogen (secondary N) is 4. The topological polar surface area (TPSA) is 164 Å². The van der Waals surface area contributed by atoms with Crippen LogP contribution in [0.15, 0.2) is 131 Å². The van der Waals surface area contributed by atoms with Crippen LogP contribution < -0.4 is 21.5 Å².